The molecule has 1 unspecified atom stereocenters. The lowest BCUT2D eigenvalue weighted by atomic mass is 9.88. The monoisotopic (exact) mass is 654 g/mol. The van der Waals surface area contributed by atoms with Crippen LogP contribution in [0.2, 0.25) is 0 Å². The van der Waals surface area contributed by atoms with E-state index in [2.05, 4.69) is 16.3 Å². The highest BCUT2D eigenvalue weighted by Crippen LogP contribution is 2.43. The number of halogens is 4. The molecule has 0 radical (unpaired) electrons. The number of allylic oxidation sites excluding steroid dienone is 1. The summed E-state index contributed by atoms with van der Waals surface area (Å²) in [6.07, 6.45) is 0.459. The Morgan fingerprint density at radius 2 is 1.88 bits per heavy atom. The van der Waals surface area contributed by atoms with E-state index in [1.807, 2.05) is 35.2 Å². The number of ether oxygens (including phenoxy) is 1. The molecule has 0 saturated heterocycles. The number of methoxy groups -OCH3 is 1. The first-order chi connectivity index (χ1) is 20.1. The zero-order valence-corrected chi connectivity index (χ0v) is 24.7. The molecule has 2 aromatic carbocycles. The molecule has 1 N–H and O–H groups in total. The summed E-state index contributed by atoms with van der Waals surface area (Å²) in [6, 6.07) is 16.4. The maximum atomic E-state index is 13.6. The molecule has 0 fully saturated rings. The normalized spacial score (nSPS) is 14.5. The quantitative estimate of drug-likeness (QED) is 0.240. The van der Waals surface area contributed by atoms with Crippen molar-refractivity contribution in [1.82, 2.24) is 14.8 Å². The van der Waals surface area contributed by atoms with Crippen LogP contribution in [0.25, 0.3) is 0 Å². The lowest BCUT2D eigenvalue weighted by Crippen LogP contribution is -3.00. The second-order valence-corrected chi connectivity index (χ2v) is 9.72. The van der Waals surface area contributed by atoms with Crippen molar-refractivity contribution in [2.75, 3.05) is 12.0 Å². The van der Waals surface area contributed by atoms with E-state index in [-0.39, 0.29) is 39.9 Å². The largest absolute Gasteiger partial charge is 1.00 e. The Balaban J connectivity index is 0.00000423. The van der Waals surface area contributed by atoms with Crippen LogP contribution in [0.4, 0.5) is 24.8 Å². The number of carbonyl (C=O) groups is 1. The van der Waals surface area contributed by atoms with Crippen LogP contribution in [0.5, 0.6) is 0 Å². The predicted octanol–water partition coefficient (Wildman–Crippen LogP) is 1.57. The molecule has 0 bridgehead atoms. The van der Waals surface area contributed by atoms with E-state index in [1.165, 1.54) is 28.7 Å². The second-order valence-electron chi connectivity index (χ2n) is 9.72. The fourth-order valence-corrected chi connectivity index (χ4v) is 5.27. The van der Waals surface area contributed by atoms with Crippen LogP contribution < -0.4 is 32.1 Å². The van der Waals surface area contributed by atoms with E-state index < -0.39 is 29.4 Å². The number of carbonyl (C=O) groups excluding carboxylic acids is 1. The van der Waals surface area contributed by atoms with Gasteiger partial charge in [-0.2, -0.15) is 18.4 Å². The summed E-state index contributed by atoms with van der Waals surface area (Å²) in [5, 5.41) is 16.1. The Morgan fingerprint density at radius 1 is 1.14 bits per heavy atom. The molecule has 1 atom stereocenters. The van der Waals surface area contributed by atoms with Crippen molar-refractivity contribution >= 4 is 17.6 Å². The Hall–Kier alpha value is -4.70. The molecule has 1 aliphatic heterocycles. The van der Waals surface area contributed by atoms with Gasteiger partial charge in [0.1, 0.15) is 12.6 Å². The lowest BCUT2D eigenvalue weighted by Gasteiger charge is -2.36. The van der Waals surface area contributed by atoms with Gasteiger partial charge in [-0.05, 0) is 54.8 Å². The zero-order chi connectivity index (χ0) is 30.0. The van der Waals surface area contributed by atoms with Gasteiger partial charge in [0.25, 0.3) is 0 Å². The van der Waals surface area contributed by atoms with Gasteiger partial charge in [-0.1, -0.05) is 18.2 Å². The van der Waals surface area contributed by atoms with Gasteiger partial charge in [0.15, 0.2) is 12.4 Å². The molecule has 4 aromatic rings. The maximum absolute atomic E-state index is 13.6. The number of aromatic nitrogens is 4. The van der Waals surface area contributed by atoms with Crippen LogP contribution in [0.3, 0.4) is 0 Å². The van der Waals surface area contributed by atoms with Crippen LogP contribution in [0, 0.1) is 11.3 Å². The molecular formula is C30H26BrF3N6O3. The molecule has 2 aromatic heterocycles. The van der Waals surface area contributed by atoms with E-state index in [0.29, 0.717) is 30.5 Å². The van der Waals surface area contributed by atoms with Gasteiger partial charge < -0.3 is 21.7 Å². The summed E-state index contributed by atoms with van der Waals surface area (Å²) in [5.74, 6) is -0.756. The summed E-state index contributed by atoms with van der Waals surface area (Å²) in [6.45, 7) is 2.25. The molecule has 222 valence electrons. The van der Waals surface area contributed by atoms with E-state index in [4.69, 9.17) is 4.74 Å². The lowest BCUT2D eigenvalue weighted by molar-refractivity contribution is -0.697. The third-order valence-corrected chi connectivity index (χ3v) is 7.19. The van der Waals surface area contributed by atoms with Crippen LogP contribution in [-0.2, 0) is 28.7 Å². The number of alkyl halides is 3. The Labute approximate surface area is 255 Å². The van der Waals surface area contributed by atoms with Gasteiger partial charge >= 0.3 is 17.8 Å². The van der Waals surface area contributed by atoms with E-state index in [0.717, 1.165) is 17.7 Å². The molecule has 0 amide bonds. The summed E-state index contributed by atoms with van der Waals surface area (Å²) >= 11 is 0. The topological polar surface area (TPSA) is 108 Å². The SMILES string of the molecule is COC(=O)C1=C(C)N(c2cccc(C(F)(F)F)c2)c2n[nH]c(=O)n2C1c1ccc(C#N)cc1CCC[n+]1ccccc1.[Br-]. The first-order valence-corrected chi connectivity index (χ1v) is 13.0. The Bertz CT molecular complexity index is 1780. The van der Waals surface area contributed by atoms with E-state index in [1.54, 1.807) is 25.1 Å². The number of nitriles is 1. The predicted molar refractivity (Wildman–Crippen MR) is 145 cm³/mol. The molecule has 13 heteroatoms. The highest BCUT2D eigenvalue weighted by atomic mass is 79.9. The maximum Gasteiger partial charge on any atom is 0.416 e. The fourth-order valence-electron chi connectivity index (χ4n) is 5.27. The number of H-pyrrole nitrogens is 1. The smallest absolute Gasteiger partial charge is 0.416 e. The highest BCUT2D eigenvalue weighted by molar-refractivity contribution is 5.93. The van der Waals surface area contributed by atoms with Gasteiger partial charge in [0.2, 0.25) is 5.95 Å². The van der Waals surface area contributed by atoms with Crippen LogP contribution in [0.15, 0.2) is 89.1 Å². The summed E-state index contributed by atoms with van der Waals surface area (Å²) < 4.78 is 49.1. The van der Waals surface area contributed by atoms with Crippen molar-refractivity contribution in [3.05, 3.63) is 117 Å². The first kappa shape index (κ1) is 31.2. The Morgan fingerprint density at radius 3 is 2.56 bits per heavy atom. The van der Waals surface area contributed by atoms with Gasteiger partial charge in [-0.25, -0.2) is 23.8 Å². The average molecular weight is 655 g/mol. The van der Waals surface area contributed by atoms with Crippen molar-refractivity contribution in [1.29, 1.82) is 5.26 Å². The van der Waals surface area contributed by atoms with Crippen LogP contribution in [-0.4, -0.2) is 27.8 Å². The standard InChI is InChI=1S/C30H25F3N6O3.BrH/c1-19-25(27(40)42-2)26(24-12-11-20(18-34)16-21(24)8-7-15-37-13-4-3-5-14-37)39-28(35-36-29(39)41)38(19)23-10-6-9-22(17-23)30(31,32)33;/h3-6,9-14,16-17,26H,7-8,15H2,1-2H3;1H. The number of rotatable bonds is 7. The molecule has 0 spiro atoms. The first-order valence-electron chi connectivity index (χ1n) is 13.0. The third kappa shape index (κ3) is 6.10. The van der Waals surface area contributed by atoms with Gasteiger partial charge in [0, 0.05) is 29.9 Å². The number of aromatic amines is 1. The summed E-state index contributed by atoms with van der Waals surface area (Å²) in [4.78, 5) is 27.9. The molecule has 3 heterocycles. The van der Waals surface area contributed by atoms with Crippen molar-refractivity contribution in [3.63, 3.8) is 0 Å². The highest BCUT2D eigenvalue weighted by Gasteiger charge is 2.41. The molecular weight excluding hydrogens is 629 g/mol. The van der Waals surface area contributed by atoms with Gasteiger partial charge in [-0.3, -0.25) is 4.90 Å². The van der Waals surface area contributed by atoms with Crippen LogP contribution >= 0.6 is 0 Å². The van der Waals surface area contributed by atoms with Gasteiger partial charge in [-0.15, -0.1) is 5.10 Å². The fraction of sp³-hybridized carbons (Fsp3) is 0.233. The average Bonchev–Trinajstić information content (AvgIpc) is 3.36. The zero-order valence-electron chi connectivity index (χ0n) is 23.1. The number of fused-ring (bicyclic) bond motifs is 1. The number of nitrogens with one attached hydrogen (secondary N) is 1. The second kappa shape index (κ2) is 12.7. The number of esters is 1. The van der Waals surface area contributed by atoms with Crippen molar-refractivity contribution in [2.45, 2.75) is 38.5 Å². The number of benzene rings is 2. The minimum Gasteiger partial charge on any atom is -1.00 e. The molecule has 0 aliphatic carbocycles. The van der Waals surface area contributed by atoms with E-state index in [9.17, 15) is 28.0 Å². The molecule has 0 saturated carbocycles. The van der Waals surface area contributed by atoms with Crippen molar-refractivity contribution in [3.8, 4) is 6.07 Å². The number of hydrogen-bond acceptors (Lipinski definition) is 6. The minimum atomic E-state index is -4.61. The number of pyridine rings is 1. The van der Waals surface area contributed by atoms with Crippen LogP contribution in [0.1, 0.15) is 41.6 Å². The molecule has 43 heavy (non-hydrogen) atoms. The minimum absolute atomic E-state index is 0. The molecule has 9 nitrogen and oxygen atoms in total. The van der Waals surface area contributed by atoms with E-state index >= 15 is 0 Å². The Kier molecular flexibility index (Phi) is 9.20. The van der Waals surface area contributed by atoms with Crippen molar-refractivity contribution in [2.24, 2.45) is 0 Å². The number of nitrogens with zero attached hydrogens (tertiary/aromatic N) is 5. The van der Waals surface area contributed by atoms with Crippen molar-refractivity contribution < 1.29 is 44.3 Å². The number of hydrogen-bond donors (Lipinski definition) is 1. The summed E-state index contributed by atoms with van der Waals surface area (Å²) in [7, 11) is 1.19. The third-order valence-electron chi connectivity index (χ3n) is 7.19. The molecule has 1 aliphatic rings. The number of aryl methyl sites for hydroxylation is 2. The summed E-state index contributed by atoms with van der Waals surface area (Å²) in [5.41, 5.74) is 0.490. The molecule has 5 rings (SSSR count). The number of anilines is 2. The van der Waals surface area contributed by atoms with Gasteiger partial charge in [0.05, 0.1) is 29.9 Å².